The fourth-order valence-electron chi connectivity index (χ4n) is 1.94. The topological polar surface area (TPSA) is 56.3 Å². The first-order valence-electron chi connectivity index (χ1n) is 5.86. The van der Waals surface area contributed by atoms with Crippen molar-refractivity contribution < 1.29 is 0 Å². The van der Waals surface area contributed by atoms with Crippen LogP contribution in [0.2, 0.25) is 0 Å². The lowest BCUT2D eigenvalue weighted by Crippen LogP contribution is -2.47. The summed E-state index contributed by atoms with van der Waals surface area (Å²) in [7, 11) is 0. The molecule has 0 bridgehead atoms. The van der Waals surface area contributed by atoms with Gasteiger partial charge in [0.05, 0.1) is 12.1 Å². The van der Waals surface area contributed by atoms with Gasteiger partial charge >= 0.3 is 0 Å². The molecule has 0 aromatic carbocycles. The van der Waals surface area contributed by atoms with E-state index in [1.165, 1.54) is 13.0 Å². The third-order valence-corrected chi connectivity index (χ3v) is 2.93. The molecule has 1 aliphatic rings. The molecular weight excluding hydrogens is 188 g/mol. The summed E-state index contributed by atoms with van der Waals surface area (Å²) in [4.78, 5) is 4.91. The van der Waals surface area contributed by atoms with Crippen molar-refractivity contribution in [3.63, 3.8) is 0 Å². The van der Waals surface area contributed by atoms with E-state index < -0.39 is 0 Å². The number of rotatable bonds is 5. The molecule has 0 aromatic heterocycles. The van der Waals surface area contributed by atoms with Crippen molar-refractivity contribution >= 4 is 0 Å². The van der Waals surface area contributed by atoms with Crippen LogP contribution in [0.1, 0.15) is 19.8 Å². The Kier molecular flexibility index (Phi) is 5.62. The molecule has 1 aliphatic heterocycles. The second-order valence-electron chi connectivity index (χ2n) is 4.21. The van der Waals surface area contributed by atoms with Crippen molar-refractivity contribution in [1.29, 1.82) is 5.26 Å². The molecule has 1 heterocycles. The molecule has 0 aliphatic carbocycles. The minimum Gasteiger partial charge on any atom is -0.316 e. The number of nitrogens with zero attached hydrogens (tertiary/aromatic N) is 3. The van der Waals surface area contributed by atoms with Crippen LogP contribution in [-0.4, -0.2) is 55.1 Å². The average molecular weight is 210 g/mol. The molecule has 0 saturated carbocycles. The molecule has 86 valence electrons. The lowest BCUT2D eigenvalue weighted by molar-refractivity contribution is 0.131. The molecule has 15 heavy (non-hydrogen) atoms. The van der Waals surface area contributed by atoms with Gasteiger partial charge in [-0.25, -0.2) is 0 Å². The van der Waals surface area contributed by atoms with Gasteiger partial charge in [0.2, 0.25) is 0 Å². The maximum absolute atomic E-state index is 8.57. The molecule has 1 fully saturated rings. The van der Waals surface area contributed by atoms with Gasteiger partial charge in [0.1, 0.15) is 0 Å². The molecule has 1 rings (SSSR count). The van der Waals surface area contributed by atoms with Crippen LogP contribution in [0, 0.1) is 11.3 Å². The minimum atomic E-state index is -0.293. The summed E-state index contributed by atoms with van der Waals surface area (Å²) in [6.07, 6.45) is 2.03. The van der Waals surface area contributed by atoms with Crippen molar-refractivity contribution in [2.75, 3.05) is 39.3 Å². The average Bonchev–Trinajstić information content (AvgIpc) is 2.28. The summed E-state index contributed by atoms with van der Waals surface area (Å²) in [6, 6.07) is 1.78. The van der Waals surface area contributed by atoms with E-state index in [0.29, 0.717) is 0 Å². The summed E-state index contributed by atoms with van der Waals surface area (Å²) in [5.41, 5.74) is 5.57. The fourth-order valence-corrected chi connectivity index (χ4v) is 1.94. The van der Waals surface area contributed by atoms with E-state index in [-0.39, 0.29) is 6.04 Å². The van der Waals surface area contributed by atoms with E-state index in [1.807, 2.05) is 0 Å². The first-order valence-corrected chi connectivity index (χ1v) is 5.86. The predicted molar refractivity (Wildman–Crippen MR) is 61.4 cm³/mol. The molecule has 0 spiro atoms. The molecule has 2 N–H and O–H groups in total. The van der Waals surface area contributed by atoms with Gasteiger partial charge in [-0.15, -0.1) is 0 Å². The molecule has 1 unspecified atom stereocenters. The molecule has 4 heteroatoms. The molecule has 0 radical (unpaired) electrons. The normalized spacial score (nSPS) is 21.1. The lowest BCUT2D eigenvalue weighted by atomic mass is 10.2. The van der Waals surface area contributed by atoms with Gasteiger partial charge in [0.25, 0.3) is 0 Å². The standard InChI is InChI=1S/C11H22N4/c1-2-4-14-6-8-15(9-7-14)5-3-11(13)10-12/h11H,2-9,13H2,1H3. The van der Waals surface area contributed by atoms with Gasteiger partial charge in [0.15, 0.2) is 0 Å². The molecule has 0 aromatic rings. The first-order chi connectivity index (χ1) is 7.26. The van der Waals surface area contributed by atoms with Gasteiger partial charge < -0.3 is 15.5 Å². The number of nitrogens with two attached hydrogens (primary N) is 1. The van der Waals surface area contributed by atoms with Crippen LogP contribution in [0.3, 0.4) is 0 Å². The minimum absolute atomic E-state index is 0.293. The van der Waals surface area contributed by atoms with E-state index in [9.17, 15) is 0 Å². The Morgan fingerprint density at radius 2 is 1.73 bits per heavy atom. The predicted octanol–water partition coefficient (Wildman–Crippen LogP) is 0.255. The Labute approximate surface area is 92.6 Å². The Morgan fingerprint density at radius 3 is 2.20 bits per heavy atom. The summed E-state index contributed by atoms with van der Waals surface area (Å²) in [5, 5.41) is 8.57. The van der Waals surface area contributed by atoms with Crippen LogP contribution < -0.4 is 5.73 Å². The monoisotopic (exact) mass is 210 g/mol. The van der Waals surface area contributed by atoms with Crippen LogP contribution in [0.5, 0.6) is 0 Å². The molecular formula is C11H22N4. The van der Waals surface area contributed by atoms with Crippen molar-refractivity contribution in [3.8, 4) is 6.07 Å². The fraction of sp³-hybridized carbons (Fsp3) is 0.909. The van der Waals surface area contributed by atoms with Crippen molar-refractivity contribution in [1.82, 2.24) is 9.80 Å². The summed E-state index contributed by atoms with van der Waals surface area (Å²) in [6.45, 7) is 8.97. The zero-order valence-electron chi connectivity index (χ0n) is 9.65. The zero-order chi connectivity index (χ0) is 11.1. The third kappa shape index (κ3) is 4.61. The molecule has 4 nitrogen and oxygen atoms in total. The largest absolute Gasteiger partial charge is 0.316 e. The van der Waals surface area contributed by atoms with Crippen LogP contribution in [0.15, 0.2) is 0 Å². The summed E-state index contributed by atoms with van der Waals surface area (Å²) < 4.78 is 0. The molecule has 1 saturated heterocycles. The smallest absolute Gasteiger partial charge is 0.0940 e. The van der Waals surface area contributed by atoms with Crippen LogP contribution >= 0.6 is 0 Å². The summed E-state index contributed by atoms with van der Waals surface area (Å²) in [5.74, 6) is 0. The number of nitriles is 1. The zero-order valence-corrected chi connectivity index (χ0v) is 9.65. The highest BCUT2D eigenvalue weighted by molar-refractivity contribution is 4.87. The van der Waals surface area contributed by atoms with E-state index in [1.54, 1.807) is 0 Å². The van der Waals surface area contributed by atoms with Gasteiger partial charge in [-0.3, -0.25) is 0 Å². The second-order valence-corrected chi connectivity index (χ2v) is 4.21. The third-order valence-electron chi connectivity index (χ3n) is 2.93. The number of piperazine rings is 1. The van der Waals surface area contributed by atoms with E-state index >= 15 is 0 Å². The van der Waals surface area contributed by atoms with Crippen molar-refractivity contribution in [3.05, 3.63) is 0 Å². The van der Waals surface area contributed by atoms with Crippen LogP contribution in [0.25, 0.3) is 0 Å². The van der Waals surface area contributed by atoms with Crippen molar-refractivity contribution in [2.24, 2.45) is 5.73 Å². The van der Waals surface area contributed by atoms with E-state index in [2.05, 4.69) is 22.8 Å². The highest BCUT2D eigenvalue weighted by Crippen LogP contribution is 2.03. The Balaban J connectivity index is 2.12. The number of hydrogen-bond acceptors (Lipinski definition) is 4. The van der Waals surface area contributed by atoms with Crippen LogP contribution in [-0.2, 0) is 0 Å². The SMILES string of the molecule is CCCN1CCN(CCC(N)C#N)CC1. The van der Waals surface area contributed by atoms with E-state index in [4.69, 9.17) is 11.0 Å². The highest BCUT2D eigenvalue weighted by Gasteiger charge is 2.16. The van der Waals surface area contributed by atoms with Gasteiger partial charge in [-0.05, 0) is 19.4 Å². The molecule has 1 atom stereocenters. The maximum Gasteiger partial charge on any atom is 0.0940 e. The quantitative estimate of drug-likeness (QED) is 0.707. The van der Waals surface area contributed by atoms with E-state index in [0.717, 1.165) is 39.1 Å². The Bertz CT molecular complexity index is 203. The van der Waals surface area contributed by atoms with Crippen LogP contribution in [0.4, 0.5) is 0 Å². The van der Waals surface area contributed by atoms with Gasteiger partial charge in [0, 0.05) is 32.7 Å². The second kappa shape index (κ2) is 6.78. The van der Waals surface area contributed by atoms with Gasteiger partial charge in [-0.1, -0.05) is 6.92 Å². The molecule has 0 amide bonds. The Hall–Kier alpha value is -0.630. The van der Waals surface area contributed by atoms with Crippen molar-refractivity contribution in [2.45, 2.75) is 25.8 Å². The maximum atomic E-state index is 8.57. The lowest BCUT2D eigenvalue weighted by Gasteiger charge is -2.34. The van der Waals surface area contributed by atoms with Gasteiger partial charge in [-0.2, -0.15) is 5.26 Å². The number of hydrogen-bond donors (Lipinski definition) is 1. The Morgan fingerprint density at radius 1 is 1.20 bits per heavy atom. The summed E-state index contributed by atoms with van der Waals surface area (Å²) >= 11 is 0. The highest BCUT2D eigenvalue weighted by atomic mass is 15.3. The first kappa shape index (κ1) is 12.4.